The van der Waals surface area contributed by atoms with Gasteiger partial charge in [-0.25, -0.2) is 0 Å². The Morgan fingerprint density at radius 1 is 1.53 bits per heavy atom. The SMILES string of the molecule is COCC(C)N(C)c1cc(Cl)ccc1N. The molecule has 1 atom stereocenters. The second-order valence-corrected chi connectivity index (χ2v) is 4.05. The van der Waals surface area contributed by atoms with Crippen molar-refractivity contribution in [3.05, 3.63) is 23.2 Å². The van der Waals surface area contributed by atoms with E-state index in [1.165, 1.54) is 0 Å². The van der Waals surface area contributed by atoms with Gasteiger partial charge in [-0.05, 0) is 25.1 Å². The van der Waals surface area contributed by atoms with Crippen molar-refractivity contribution in [1.29, 1.82) is 0 Å². The zero-order valence-electron chi connectivity index (χ0n) is 9.33. The van der Waals surface area contributed by atoms with Crippen LogP contribution in [0.3, 0.4) is 0 Å². The zero-order valence-corrected chi connectivity index (χ0v) is 10.1. The van der Waals surface area contributed by atoms with E-state index in [4.69, 9.17) is 22.1 Å². The molecule has 0 aliphatic rings. The summed E-state index contributed by atoms with van der Waals surface area (Å²) in [7, 11) is 3.66. The minimum atomic E-state index is 0.260. The number of hydrogen-bond donors (Lipinski definition) is 1. The van der Waals surface area contributed by atoms with Crippen molar-refractivity contribution in [2.24, 2.45) is 0 Å². The highest BCUT2D eigenvalue weighted by Crippen LogP contribution is 2.27. The first-order chi connectivity index (χ1) is 7.06. The minimum Gasteiger partial charge on any atom is -0.397 e. The fourth-order valence-corrected chi connectivity index (χ4v) is 1.58. The van der Waals surface area contributed by atoms with Crippen LogP contribution in [0.2, 0.25) is 5.02 Å². The third-order valence-electron chi connectivity index (χ3n) is 2.44. The van der Waals surface area contributed by atoms with Crippen LogP contribution in [0.1, 0.15) is 6.92 Å². The number of ether oxygens (including phenoxy) is 1. The Hall–Kier alpha value is -0.930. The molecule has 0 fully saturated rings. The zero-order chi connectivity index (χ0) is 11.4. The van der Waals surface area contributed by atoms with Crippen molar-refractivity contribution in [1.82, 2.24) is 0 Å². The van der Waals surface area contributed by atoms with Crippen LogP contribution in [-0.2, 0) is 4.74 Å². The van der Waals surface area contributed by atoms with Gasteiger partial charge in [0.1, 0.15) is 0 Å². The molecule has 0 aromatic heterocycles. The van der Waals surface area contributed by atoms with E-state index in [-0.39, 0.29) is 6.04 Å². The molecule has 1 aromatic carbocycles. The molecule has 4 heteroatoms. The summed E-state index contributed by atoms with van der Waals surface area (Å²) in [4.78, 5) is 2.06. The molecule has 0 bridgehead atoms. The number of benzene rings is 1. The predicted molar refractivity (Wildman–Crippen MR) is 65.6 cm³/mol. The van der Waals surface area contributed by atoms with Crippen LogP contribution >= 0.6 is 11.6 Å². The first-order valence-corrected chi connectivity index (χ1v) is 5.21. The normalized spacial score (nSPS) is 12.5. The Morgan fingerprint density at radius 2 is 2.20 bits per heavy atom. The van der Waals surface area contributed by atoms with Gasteiger partial charge in [0.05, 0.1) is 18.0 Å². The van der Waals surface area contributed by atoms with Gasteiger partial charge in [0.25, 0.3) is 0 Å². The summed E-state index contributed by atoms with van der Waals surface area (Å²) in [6.07, 6.45) is 0. The lowest BCUT2D eigenvalue weighted by molar-refractivity contribution is 0.183. The molecule has 0 aliphatic heterocycles. The molecule has 2 N–H and O–H groups in total. The van der Waals surface area contributed by atoms with Crippen molar-refractivity contribution in [2.75, 3.05) is 31.4 Å². The smallest absolute Gasteiger partial charge is 0.0663 e. The molecule has 0 amide bonds. The lowest BCUT2D eigenvalue weighted by Crippen LogP contribution is -2.33. The lowest BCUT2D eigenvalue weighted by Gasteiger charge is -2.27. The summed E-state index contributed by atoms with van der Waals surface area (Å²) in [5.74, 6) is 0. The number of likely N-dealkylation sites (N-methyl/N-ethyl adjacent to an activating group) is 1. The Balaban J connectivity index is 2.89. The van der Waals surface area contributed by atoms with E-state index in [9.17, 15) is 0 Å². The molecule has 84 valence electrons. The van der Waals surface area contributed by atoms with E-state index in [1.54, 1.807) is 13.2 Å². The van der Waals surface area contributed by atoms with Crippen LogP contribution in [0, 0.1) is 0 Å². The molecule has 0 saturated carbocycles. The third kappa shape index (κ3) is 3.01. The van der Waals surface area contributed by atoms with E-state index >= 15 is 0 Å². The van der Waals surface area contributed by atoms with Gasteiger partial charge >= 0.3 is 0 Å². The molecule has 1 aromatic rings. The van der Waals surface area contributed by atoms with E-state index < -0.39 is 0 Å². The van der Waals surface area contributed by atoms with Crippen molar-refractivity contribution in [3.63, 3.8) is 0 Å². The second kappa shape index (κ2) is 5.24. The summed E-state index contributed by atoms with van der Waals surface area (Å²) in [5.41, 5.74) is 7.55. The lowest BCUT2D eigenvalue weighted by atomic mass is 10.2. The van der Waals surface area contributed by atoms with Crippen molar-refractivity contribution >= 4 is 23.0 Å². The van der Waals surface area contributed by atoms with Gasteiger partial charge in [0.15, 0.2) is 0 Å². The van der Waals surface area contributed by atoms with Gasteiger partial charge in [-0.3, -0.25) is 0 Å². The highest BCUT2D eigenvalue weighted by Gasteiger charge is 2.12. The summed E-state index contributed by atoms with van der Waals surface area (Å²) in [6, 6.07) is 5.72. The molecule has 1 rings (SSSR count). The van der Waals surface area contributed by atoms with E-state index in [1.807, 2.05) is 19.2 Å². The number of methoxy groups -OCH3 is 1. The standard InChI is InChI=1S/C11H17ClN2O/c1-8(7-15-3)14(2)11-6-9(12)4-5-10(11)13/h4-6,8H,7,13H2,1-3H3. The maximum Gasteiger partial charge on any atom is 0.0663 e. The highest BCUT2D eigenvalue weighted by molar-refractivity contribution is 6.31. The molecular formula is C11H17ClN2O. The van der Waals surface area contributed by atoms with Crippen molar-refractivity contribution < 1.29 is 4.74 Å². The van der Waals surface area contributed by atoms with E-state index in [0.717, 1.165) is 11.4 Å². The third-order valence-corrected chi connectivity index (χ3v) is 2.68. The Bertz CT molecular complexity index is 330. The van der Waals surface area contributed by atoms with Crippen LogP contribution in [0.5, 0.6) is 0 Å². The first kappa shape index (κ1) is 12.1. The summed E-state index contributed by atoms with van der Waals surface area (Å²) >= 11 is 5.93. The molecule has 0 radical (unpaired) electrons. The van der Waals surface area contributed by atoms with Crippen LogP contribution in [0.25, 0.3) is 0 Å². The summed E-state index contributed by atoms with van der Waals surface area (Å²) in [6.45, 7) is 2.73. The molecule has 1 unspecified atom stereocenters. The molecule has 0 spiro atoms. The number of rotatable bonds is 4. The maximum absolute atomic E-state index is 5.93. The van der Waals surface area contributed by atoms with Gasteiger partial charge < -0.3 is 15.4 Å². The number of nitrogens with zero attached hydrogens (tertiary/aromatic N) is 1. The molecule has 15 heavy (non-hydrogen) atoms. The Labute approximate surface area is 95.8 Å². The fraction of sp³-hybridized carbons (Fsp3) is 0.455. The number of hydrogen-bond acceptors (Lipinski definition) is 3. The summed E-state index contributed by atoms with van der Waals surface area (Å²) in [5, 5.41) is 0.690. The van der Waals surface area contributed by atoms with Gasteiger partial charge in [-0.1, -0.05) is 11.6 Å². The topological polar surface area (TPSA) is 38.5 Å². The van der Waals surface area contributed by atoms with Gasteiger partial charge in [0.2, 0.25) is 0 Å². The molecule has 0 saturated heterocycles. The van der Waals surface area contributed by atoms with Gasteiger partial charge in [-0.2, -0.15) is 0 Å². The predicted octanol–water partition coefficient (Wildman–Crippen LogP) is 2.39. The van der Waals surface area contributed by atoms with Gasteiger partial charge in [-0.15, -0.1) is 0 Å². The van der Waals surface area contributed by atoms with E-state index in [0.29, 0.717) is 11.6 Å². The molecule has 0 aliphatic carbocycles. The molecule has 3 nitrogen and oxygen atoms in total. The van der Waals surface area contributed by atoms with Crippen LogP contribution < -0.4 is 10.6 Å². The molecule has 0 heterocycles. The van der Waals surface area contributed by atoms with Crippen molar-refractivity contribution in [2.45, 2.75) is 13.0 Å². The second-order valence-electron chi connectivity index (χ2n) is 3.62. The number of anilines is 2. The number of nitrogen functional groups attached to an aromatic ring is 1. The van der Waals surface area contributed by atoms with Crippen molar-refractivity contribution in [3.8, 4) is 0 Å². The highest BCUT2D eigenvalue weighted by atomic mass is 35.5. The number of halogens is 1. The van der Waals surface area contributed by atoms with Crippen LogP contribution in [0.15, 0.2) is 18.2 Å². The van der Waals surface area contributed by atoms with Crippen LogP contribution in [-0.4, -0.2) is 26.8 Å². The first-order valence-electron chi connectivity index (χ1n) is 4.83. The number of nitrogens with two attached hydrogens (primary N) is 1. The quantitative estimate of drug-likeness (QED) is 0.805. The van der Waals surface area contributed by atoms with Gasteiger partial charge in [0, 0.05) is 25.2 Å². The van der Waals surface area contributed by atoms with E-state index in [2.05, 4.69) is 11.8 Å². The average Bonchev–Trinajstić information content (AvgIpc) is 2.21. The minimum absolute atomic E-state index is 0.260. The summed E-state index contributed by atoms with van der Waals surface area (Å²) < 4.78 is 5.10. The average molecular weight is 229 g/mol. The Morgan fingerprint density at radius 3 is 2.80 bits per heavy atom. The largest absolute Gasteiger partial charge is 0.397 e. The Kier molecular flexibility index (Phi) is 4.24. The maximum atomic E-state index is 5.93. The fourth-order valence-electron chi connectivity index (χ4n) is 1.41. The molecular weight excluding hydrogens is 212 g/mol. The monoisotopic (exact) mass is 228 g/mol. The van der Waals surface area contributed by atoms with Crippen LogP contribution in [0.4, 0.5) is 11.4 Å².